The summed E-state index contributed by atoms with van der Waals surface area (Å²) >= 11 is 0. The Bertz CT molecular complexity index is 980. The molecular weight excluding hydrogens is 365 g/mol. The highest BCUT2D eigenvalue weighted by Crippen LogP contribution is 2.31. The maximum Gasteiger partial charge on any atom is 0.411 e. The molecule has 146 valence electrons. The minimum atomic E-state index is -0.569. The lowest BCUT2D eigenvalue weighted by Gasteiger charge is -2.22. The van der Waals surface area contributed by atoms with E-state index < -0.39 is 18.0 Å². The van der Waals surface area contributed by atoms with Crippen LogP contribution in [0.2, 0.25) is 0 Å². The molecule has 0 bridgehead atoms. The van der Waals surface area contributed by atoms with Crippen molar-refractivity contribution in [2.75, 3.05) is 25.6 Å². The van der Waals surface area contributed by atoms with E-state index in [1.165, 1.54) is 24.0 Å². The van der Waals surface area contributed by atoms with E-state index in [0.29, 0.717) is 22.4 Å². The van der Waals surface area contributed by atoms with Gasteiger partial charge in [-0.05, 0) is 29.3 Å². The van der Waals surface area contributed by atoms with Gasteiger partial charge in [0, 0.05) is 19.5 Å². The summed E-state index contributed by atoms with van der Waals surface area (Å²) in [4.78, 5) is 36.2. The van der Waals surface area contributed by atoms with E-state index in [4.69, 9.17) is 4.74 Å². The van der Waals surface area contributed by atoms with Crippen LogP contribution in [0.4, 0.5) is 14.9 Å². The second-order valence-corrected chi connectivity index (χ2v) is 6.34. The number of halogens is 1. The van der Waals surface area contributed by atoms with Gasteiger partial charge in [0.15, 0.2) is 0 Å². The monoisotopic (exact) mass is 385 g/mol. The zero-order chi connectivity index (χ0) is 20.3. The Morgan fingerprint density at radius 3 is 2.64 bits per heavy atom. The van der Waals surface area contributed by atoms with Gasteiger partial charge < -0.3 is 15.4 Å². The molecule has 2 N–H and O–H groups in total. The number of nitrogens with one attached hydrogen (secondary N) is 2. The number of carbonyl (C=O) groups excluding carboxylic acids is 2. The van der Waals surface area contributed by atoms with Crippen LogP contribution in [0.25, 0.3) is 11.1 Å². The van der Waals surface area contributed by atoms with Gasteiger partial charge in [-0.1, -0.05) is 24.3 Å². The SMILES string of the molecule is CNc1ccc(-c2ccc([C@H]3COC(=O)N3CNC(C)=O)cc2F)ccc1=O. The van der Waals surface area contributed by atoms with Gasteiger partial charge in [-0.3, -0.25) is 14.5 Å². The number of cyclic esters (lactones) is 1. The molecule has 1 aliphatic rings. The third-order valence-corrected chi connectivity index (χ3v) is 4.54. The molecule has 1 fully saturated rings. The quantitative estimate of drug-likeness (QED) is 0.826. The van der Waals surface area contributed by atoms with Gasteiger partial charge in [0.2, 0.25) is 11.3 Å². The van der Waals surface area contributed by atoms with Gasteiger partial charge in [0.05, 0.1) is 18.4 Å². The minimum absolute atomic E-state index is 0.0181. The Morgan fingerprint density at radius 1 is 1.21 bits per heavy atom. The first-order valence-electron chi connectivity index (χ1n) is 8.70. The number of rotatable bonds is 5. The molecule has 3 rings (SSSR count). The lowest BCUT2D eigenvalue weighted by molar-refractivity contribution is -0.119. The van der Waals surface area contributed by atoms with Crippen molar-refractivity contribution in [1.29, 1.82) is 0 Å². The van der Waals surface area contributed by atoms with Gasteiger partial charge in [-0.2, -0.15) is 0 Å². The minimum Gasteiger partial charge on any atom is -0.447 e. The Kier molecular flexibility index (Phi) is 5.58. The van der Waals surface area contributed by atoms with Crippen molar-refractivity contribution in [2.24, 2.45) is 0 Å². The highest BCUT2D eigenvalue weighted by atomic mass is 19.1. The van der Waals surface area contributed by atoms with Crippen molar-refractivity contribution in [3.05, 3.63) is 64.1 Å². The molecule has 2 amide bonds. The fraction of sp³-hybridized carbons (Fsp3) is 0.250. The van der Waals surface area contributed by atoms with Crippen molar-refractivity contribution in [3.63, 3.8) is 0 Å². The smallest absolute Gasteiger partial charge is 0.411 e. The summed E-state index contributed by atoms with van der Waals surface area (Å²) in [6.07, 6.45) is -0.569. The second-order valence-electron chi connectivity index (χ2n) is 6.34. The normalized spacial score (nSPS) is 15.9. The number of carbonyl (C=O) groups is 2. The van der Waals surface area contributed by atoms with E-state index in [-0.39, 0.29) is 24.6 Å². The molecule has 0 spiro atoms. The number of hydrogen-bond acceptors (Lipinski definition) is 5. The number of nitrogens with zero attached hydrogens (tertiary/aromatic N) is 1. The number of ether oxygens (including phenoxy) is 1. The van der Waals surface area contributed by atoms with Gasteiger partial charge in [-0.15, -0.1) is 0 Å². The van der Waals surface area contributed by atoms with Crippen molar-refractivity contribution in [1.82, 2.24) is 10.2 Å². The van der Waals surface area contributed by atoms with Crippen LogP contribution in [-0.4, -0.2) is 37.2 Å². The van der Waals surface area contributed by atoms with E-state index in [1.54, 1.807) is 37.4 Å². The van der Waals surface area contributed by atoms with Gasteiger partial charge in [0.25, 0.3) is 0 Å². The predicted molar refractivity (Wildman–Crippen MR) is 102 cm³/mol. The van der Waals surface area contributed by atoms with Crippen LogP contribution in [0.15, 0.2) is 47.3 Å². The van der Waals surface area contributed by atoms with Gasteiger partial charge >= 0.3 is 6.09 Å². The molecule has 28 heavy (non-hydrogen) atoms. The van der Waals surface area contributed by atoms with E-state index in [9.17, 15) is 18.8 Å². The van der Waals surface area contributed by atoms with Crippen LogP contribution < -0.4 is 16.1 Å². The van der Waals surface area contributed by atoms with Crippen molar-refractivity contribution >= 4 is 17.7 Å². The maximum absolute atomic E-state index is 14.8. The maximum atomic E-state index is 14.8. The van der Waals surface area contributed by atoms with Crippen LogP contribution in [0.3, 0.4) is 0 Å². The summed E-state index contributed by atoms with van der Waals surface area (Å²) in [5.41, 5.74) is 1.66. The van der Waals surface area contributed by atoms with Crippen LogP contribution in [0.5, 0.6) is 0 Å². The predicted octanol–water partition coefficient (Wildman–Crippen LogP) is 2.48. The van der Waals surface area contributed by atoms with E-state index in [0.717, 1.165) is 0 Å². The summed E-state index contributed by atoms with van der Waals surface area (Å²) in [7, 11) is 1.64. The molecule has 2 aromatic rings. The zero-order valence-corrected chi connectivity index (χ0v) is 15.5. The van der Waals surface area contributed by atoms with Crippen molar-refractivity contribution in [2.45, 2.75) is 13.0 Å². The second kappa shape index (κ2) is 8.08. The van der Waals surface area contributed by atoms with E-state index >= 15 is 0 Å². The third-order valence-electron chi connectivity index (χ3n) is 4.54. The lowest BCUT2D eigenvalue weighted by atomic mass is 10.0. The molecule has 0 aromatic heterocycles. The van der Waals surface area contributed by atoms with Crippen molar-refractivity contribution in [3.8, 4) is 11.1 Å². The highest BCUT2D eigenvalue weighted by molar-refractivity contribution is 5.75. The van der Waals surface area contributed by atoms with Gasteiger partial charge in [-0.25, -0.2) is 9.18 Å². The molecule has 1 saturated heterocycles. The molecule has 1 aliphatic heterocycles. The highest BCUT2D eigenvalue weighted by Gasteiger charge is 2.34. The van der Waals surface area contributed by atoms with E-state index in [1.807, 2.05) is 0 Å². The lowest BCUT2D eigenvalue weighted by Crippen LogP contribution is -2.38. The first kappa shape index (κ1) is 19.3. The molecule has 2 aromatic carbocycles. The summed E-state index contributed by atoms with van der Waals surface area (Å²) in [5.74, 6) is -0.767. The standard InChI is InChI=1S/C20H20FN3O4/c1-12(25)23-11-24-18(10-28-20(24)27)14-3-6-15(16(21)9-14)13-4-7-17(22-2)19(26)8-5-13/h3-9,18H,10-11H2,1-2H3,(H,22,26)(H,23,25)/t18-/m1/s1. The van der Waals surface area contributed by atoms with Crippen LogP contribution in [0.1, 0.15) is 18.5 Å². The van der Waals surface area contributed by atoms with Gasteiger partial charge in [0.1, 0.15) is 12.4 Å². The van der Waals surface area contributed by atoms with Crippen molar-refractivity contribution < 1.29 is 18.7 Å². The molecule has 0 aliphatic carbocycles. The zero-order valence-electron chi connectivity index (χ0n) is 15.5. The first-order chi connectivity index (χ1) is 13.4. The number of hydrogen-bond donors (Lipinski definition) is 2. The summed E-state index contributed by atoms with van der Waals surface area (Å²) in [5, 5.41) is 5.34. The Hall–Kier alpha value is -3.42. The fourth-order valence-corrected chi connectivity index (χ4v) is 3.02. The molecule has 8 heteroatoms. The third kappa shape index (κ3) is 3.95. The Balaban J connectivity index is 1.90. The molecule has 1 heterocycles. The summed E-state index contributed by atoms with van der Waals surface area (Å²) in [6, 6.07) is 10.4. The largest absolute Gasteiger partial charge is 0.447 e. The topological polar surface area (TPSA) is 87.7 Å². The number of benzene rings is 1. The van der Waals surface area contributed by atoms with Crippen LogP contribution in [0, 0.1) is 5.82 Å². The number of amides is 2. The van der Waals surface area contributed by atoms with Crippen LogP contribution >= 0.6 is 0 Å². The Morgan fingerprint density at radius 2 is 1.96 bits per heavy atom. The average molecular weight is 385 g/mol. The molecule has 1 atom stereocenters. The summed E-state index contributed by atoms with van der Waals surface area (Å²) < 4.78 is 19.9. The molecule has 0 saturated carbocycles. The van der Waals surface area contributed by atoms with Crippen LogP contribution in [-0.2, 0) is 9.53 Å². The fourth-order valence-electron chi connectivity index (χ4n) is 3.02. The summed E-state index contributed by atoms with van der Waals surface area (Å²) in [6.45, 7) is 1.40. The molecular formula is C20H20FN3O4. The average Bonchev–Trinajstić information content (AvgIpc) is 2.92. The molecule has 7 nitrogen and oxygen atoms in total. The first-order valence-corrected chi connectivity index (χ1v) is 8.70. The molecule has 0 unspecified atom stereocenters. The Labute approximate surface area is 161 Å². The van der Waals surface area contributed by atoms with E-state index in [2.05, 4.69) is 10.6 Å². The molecule has 0 radical (unpaired) electrons. The number of anilines is 1.